The summed E-state index contributed by atoms with van der Waals surface area (Å²) in [7, 11) is 0. The van der Waals surface area contributed by atoms with Gasteiger partial charge in [0.2, 0.25) is 5.91 Å². The Bertz CT molecular complexity index is 1010. The average Bonchev–Trinajstić information content (AvgIpc) is 3.20. The van der Waals surface area contributed by atoms with E-state index in [2.05, 4.69) is 47.9 Å². The van der Waals surface area contributed by atoms with Crippen molar-refractivity contribution in [3.05, 3.63) is 51.2 Å². The Morgan fingerprint density at radius 1 is 0.886 bits per heavy atom. The number of thiophene rings is 1. The highest BCUT2D eigenvalue weighted by Crippen LogP contribution is 2.28. The summed E-state index contributed by atoms with van der Waals surface area (Å²) in [6.45, 7) is 10.2. The van der Waals surface area contributed by atoms with Crippen LogP contribution in [0.4, 0.5) is 5.69 Å². The molecule has 2 aliphatic heterocycles. The number of likely N-dealkylation sites (tertiary alicyclic amines) is 1. The number of fused-ring (bicyclic) bond motifs is 1. The van der Waals surface area contributed by atoms with Crippen molar-refractivity contribution in [3.63, 3.8) is 0 Å². The third kappa shape index (κ3) is 6.53. The summed E-state index contributed by atoms with van der Waals surface area (Å²) >= 11 is 1.71. The number of amides is 2. The molecule has 0 N–H and O–H groups in total. The fourth-order valence-electron chi connectivity index (χ4n) is 5.70. The number of carbonyl (C=O) groups is 2. The van der Waals surface area contributed by atoms with E-state index < -0.39 is 0 Å². The number of piperidine rings is 1. The topological polar surface area (TPSA) is 43.9 Å². The van der Waals surface area contributed by atoms with Gasteiger partial charge in [-0.1, -0.05) is 43.9 Å². The van der Waals surface area contributed by atoms with Crippen LogP contribution < -0.4 is 4.90 Å². The first kappa shape index (κ1) is 25.9. The Balaban J connectivity index is 1.49. The van der Waals surface area contributed by atoms with E-state index in [0.29, 0.717) is 6.04 Å². The normalized spacial score (nSPS) is 19.4. The smallest absolute Gasteiger partial charge is 0.254 e. The first-order valence-corrected chi connectivity index (χ1v) is 14.2. The molecule has 0 spiro atoms. The van der Waals surface area contributed by atoms with Crippen LogP contribution in [0.2, 0.25) is 0 Å². The van der Waals surface area contributed by atoms with Crippen molar-refractivity contribution in [2.45, 2.75) is 84.7 Å². The lowest BCUT2D eigenvalue weighted by atomic mass is 10.00. The maximum Gasteiger partial charge on any atom is 0.254 e. The minimum atomic E-state index is 0.129. The number of aryl methyl sites for hydroxylation is 2. The van der Waals surface area contributed by atoms with Crippen LogP contribution in [0.3, 0.4) is 0 Å². The summed E-state index contributed by atoms with van der Waals surface area (Å²) in [6.07, 6.45) is 9.26. The molecular formula is C29H41N3O2S. The van der Waals surface area contributed by atoms with Gasteiger partial charge in [-0.3, -0.25) is 14.5 Å². The van der Waals surface area contributed by atoms with Crippen molar-refractivity contribution in [1.82, 2.24) is 9.80 Å². The molecule has 1 saturated heterocycles. The van der Waals surface area contributed by atoms with E-state index in [1.165, 1.54) is 42.5 Å². The second-order valence-electron chi connectivity index (χ2n) is 10.2. The monoisotopic (exact) mass is 495 g/mol. The number of para-hydroxylation sites is 1. The van der Waals surface area contributed by atoms with Crippen LogP contribution in [0, 0.1) is 13.8 Å². The van der Waals surface area contributed by atoms with Gasteiger partial charge in [-0.2, -0.15) is 0 Å². The Labute approximate surface area is 215 Å². The summed E-state index contributed by atoms with van der Waals surface area (Å²) < 4.78 is 0. The predicted octanol–water partition coefficient (Wildman–Crippen LogP) is 6.18. The fraction of sp³-hybridized carbons (Fsp3) is 0.586. The van der Waals surface area contributed by atoms with Crippen LogP contribution in [0.5, 0.6) is 0 Å². The minimum Gasteiger partial charge on any atom is -0.338 e. The second-order valence-corrected chi connectivity index (χ2v) is 11.7. The molecular weight excluding hydrogens is 454 g/mol. The quantitative estimate of drug-likeness (QED) is 0.500. The van der Waals surface area contributed by atoms with Crippen molar-refractivity contribution in [1.29, 1.82) is 0 Å². The van der Waals surface area contributed by atoms with Gasteiger partial charge in [0.25, 0.3) is 5.91 Å². The van der Waals surface area contributed by atoms with Gasteiger partial charge < -0.3 is 9.80 Å². The van der Waals surface area contributed by atoms with Crippen molar-refractivity contribution in [2.24, 2.45) is 0 Å². The molecule has 190 valence electrons. The highest BCUT2D eigenvalue weighted by Gasteiger charge is 2.29. The standard InChI is InChI=1S/C29H41N3O2S/c1-22-20-27(23(2)35-22)29(34)30-18-14-26(15-19-30)31-16-10-6-4-5-7-11-17-32(24(3)33)28-13-9-8-12-25(28)21-31/h8-9,12-13,20,26H,4-7,10-11,14-19,21H2,1-3H3. The van der Waals surface area contributed by atoms with E-state index in [1.54, 1.807) is 18.3 Å². The van der Waals surface area contributed by atoms with E-state index in [1.807, 2.05) is 11.0 Å². The van der Waals surface area contributed by atoms with Gasteiger partial charge in [-0.05, 0) is 63.8 Å². The van der Waals surface area contributed by atoms with Gasteiger partial charge in [-0.15, -0.1) is 11.3 Å². The van der Waals surface area contributed by atoms with Crippen molar-refractivity contribution >= 4 is 28.8 Å². The minimum absolute atomic E-state index is 0.129. The second kappa shape index (κ2) is 12.2. The molecule has 0 unspecified atom stereocenters. The van der Waals surface area contributed by atoms with E-state index in [-0.39, 0.29) is 11.8 Å². The van der Waals surface area contributed by atoms with Crippen LogP contribution in [-0.4, -0.2) is 53.8 Å². The maximum absolute atomic E-state index is 13.1. The molecule has 1 aromatic carbocycles. The van der Waals surface area contributed by atoms with Crippen molar-refractivity contribution in [3.8, 4) is 0 Å². The fourth-order valence-corrected chi connectivity index (χ4v) is 6.62. The Kier molecular flexibility index (Phi) is 9.01. The highest BCUT2D eigenvalue weighted by molar-refractivity contribution is 7.12. The van der Waals surface area contributed by atoms with Crippen LogP contribution in [0.1, 0.15) is 84.0 Å². The van der Waals surface area contributed by atoms with E-state index in [9.17, 15) is 9.59 Å². The molecule has 0 aliphatic carbocycles. The number of nitrogens with zero attached hydrogens (tertiary/aromatic N) is 3. The lowest BCUT2D eigenvalue weighted by molar-refractivity contribution is -0.116. The zero-order chi connectivity index (χ0) is 24.8. The van der Waals surface area contributed by atoms with Crippen LogP contribution in [-0.2, 0) is 11.3 Å². The molecule has 0 atom stereocenters. The SMILES string of the molecule is CC(=O)N1CCCCCCCCN(C2CCN(C(=O)c3cc(C)sc3C)CC2)Cc2ccccc21. The third-order valence-electron chi connectivity index (χ3n) is 7.65. The Morgan fingerprint density at radius 3 is 2.20 bits per heavy atom. The van der Waals surface area contributed by atoms with E-state index >= 15 is 0 Å². The molecule has 4 rings (SSSR count). The number of carbonyl (C=O) groups excluding carboxylic acids is 2. The molecule has 0 saturated carbocycles. The number of hydrogen-bond donors (Lipinski definition) is 0. The van der Waals surface area contributed by atoms with Crippen LogP contribution in [0.25, 0.3) is 0 Å². The lowest BCUT2D eigenvalue weighted by Gasteiger charge is -2.39. The summed E-state index contributed by atoms with van der Waals surface area (Å²) in [6, 6.07) is 11.0. The largest absolute Gasteiger partial charge is 0.338 e. The molecule has 35 heavy (non-hydrogen) atoms. The zero-order valence-corrected chi connectivity index (χ0v) is 22.5. The first-order chi connectivity index (χ1) is 16.9. The van der Waals surface area contributed by atoms with Gasteiger partial charge in [0.05, 0.1) is 5.56 Å². The number of benzene rings is 1. The zero-order valence-electron chi connectivity index (χ0n) is 21.7. The molecule has 1 aromatic heterocycles. The van der Waals surface area contributed by atoms with E-state index in [0.717, 1.165) is 68.1 Å². The Morgan fingerprint density at radius 2 is 1.54 bits per heavy atom. The average molecular weight is 496 g/mol. The van der Waals surface area contributed by atoms with E-state index in [4.69, 9.17) is 0 Å². The molecule has 0 radical (unpaired) electrons. The van der Waals surface area contributed by atoms with Crippen LogP contribution >= 0.6 is 11.3 Å². The Hall–Kier alpha value is -2.18. The number of hydrogen-bond acceptors (Lipinski definition) is 4. The van der Waals surface area contributed by atoms with Crippen molar-refractivity contribution in [2.75, 3.05) is 31.1 Å². The molecule has 6 heteroatoms. The predicted molar refractivity (Wildman–Crippen MR) is 145 cm³/mol. The first-order valence-electron chi connectivity index (χ1n) is 13.4. The van der Waals surface area contributed by atoms with Gasteiger partial charge in [0.1, 0.15) is 0 Å². The highest BCUT2D eigenvalue weighted by atomic mass is 32.1. The van der Waals surface area contributed by atoms with Crippen molar-refractivity contribution < 1.29 is 9.59 Å². The molecule has 1 fully saturated rings. The number of anilines is 1. The third-order valence-corrected chi connectivity index (χ3v) is 8.62. The van der Waals surface area contributed by atoms with Gasteiger partial charge in [-0.25, -0.2) is 0 Å². The summed E-state index contributed by atoms with van der Waals surface area (Å²) in [5, 5.41) is 0. The molecule has 3 heterocycles. The molecule has 0 bridgehead atoms. The van der Waals surface area contributed by atoms with Gasteiger partial charge in [0.15, 0.2) is 0 Å². The summed E-state index contributed by atoms with van der Waals surface area (Å²) in [5.41, 5.74) is 3.19. The molecule has 2 amide bonds. The molecule has 2 aliphatic rings. The maximum atomic E-state index is 13.1. The molecule has 5 nitrogen and oxygen atoms in total. The van der Waals surface area contributed by atoms with Gasteiger partial charge in [0, 0.05) is 54.6 Å². The van der Waals surface area contributed by atoms with Gasteiger partial charge >= 0.3 is 0 Å². The number of rotatable bonds is 2. The molecule has 2 aromatic rings. The summed E-state index contributed by atoms with van der Waals surface area (Å²) in [4.78, 5) is 34.7. The van der Waals surface area contributed by atoms with Crippen LogP contribution in [0.15, 0.2) is 30.3 Å². The summed E-state index contributed by atoms with van der Waals surface area (Å²) in [5.74, 6) is 0.322. The lowest BCUT2D eigenvalue weighted by Crippen LogP contribution is -2.47.